The number of amides is 2. The van der Waals surface area contributed by atoms with Gasteiger partial charge in [0.2, 0.25) is 5.78 Å². The van der Waals surface area contributed by atoms with E-state index < -0.39 is 69.9 Å². The summed E-state index contributed by atoms with van der Waals surface area (Å²) in [5, 5.41) is 47.9. The number of rotatable bonds is 5. The Hall–Kier alpha value is -4.40. The number of benzene rings is 2. The smallest absolute Gasteiger partial charge is 0.417 e. The second kappa shape index (κ2) is 10.9. The number of nitrogens with zero attached hydrogens (tertiary/aromatic N) is 2. The molecule has 0 saturated carbocycles. The van der Waals surface area contributed by atoms with Crippen molar-refractivity contribution in [3.8, 4) is 11.5 Å². The number of fused-ring (bicyclic) bond motifs is 3. The van der Waals surface area contributed by atoms with Crippen molar-refractivity contribution >= 4 is 50.9 Å². The molecule has 7 N–H and O–H groups in total. The lowest BCUT2D eigenvalue weighted by atomic mass is 9.58. The molecule has 0 spiro atoms. The van der Waals surface area contributed by atoms with E-state index >= 15 is 0 Å². The van der Waals surface area contributed by atoms with Crippen LogP contribution < -0.4 is 20.7 Å². The van der Waals surface area contributed by atoms with E-state index in [-0.39, 0.29) is 35.4 Å². The number of allylic oxidation sites excluding steroid dienone is 1. The number of primary amides is 1. The highest BCUT2D eigenvalue weighted by Crippen LogP contribution is 2.54. The Morgan fingerprint density at radius 3 is 2.30 bits per heavy atom. The number of hydrogen-bond donors (Lipinski definition) is 6. The number of aliphatic hydroxyl groups excluding tert-OH is 2. The van der Waals surface area contributed by atoms with Crippen LogP contribution in [0, 0.1) is 11.8 Å². The van der Waals surface area contributed by atoms with Crippen LogP contribution >= 0.6 is 15.9 Å². The molecule has 5 rings (SSSR count). The van der Waals surface area contributed by atoms with Crippen LogP contribution in [0.3, 0.4) is 0 Å². The Labute approximate surface area is 260 Å². The number of hydrogen-bond acceptors (Lipinski definition) is 11. The number of ether oxygens (including phenoxy) is 1. The second-order valence-electron chi connectivity index (χ2n) is 11.5. The molecule has 0 fully saturated rings. The molecule has 13 nitrogen and oxygen atoms in total. The van der Waals surface area contributed by atoms with Gasteiger partial charge in [-0.1, -0.05) is 15.9 Å². The van der Waals surface area contributed by atoms with E-state index in [0.717, 1.165) is 4.47 Å². The first-order chi connectivity index (χ1) is 20.6. The van der Waals surface area contributed by atoms with Crippen molar-refractivity contribution in [3.05, 3.63) is 68.6 Å². The molecule has 0 aromatic heterocycles. The molecule has 0 unspecified atom stereocenters. The van der Waals surface area contributed by atoms with E-state index in [4.69, 9.17) is 10.5 Å². The number of carbonyl (C=O) groups excluding carboxylic acids is 4. The number of nitrogens with two attached hydrogens (primary N) is 1. The van der Waals surface area contributed by atoms with E-state index in [1.807, 2.05) is 0 Å². The third-order valence-corrected chi connectivity index (χ3v) is 8.97. The molecule has 2 amide bonds. The van der Waals surface area contributed by atoms with E-state index in [9.17, 15) is 39.6 Å². The zero-order valence-corrected chi connectivity index (χ0v) is 25.8. The van der Waals surface area contributed by atoms with E-state index in [1.54, 1.807) is 57.4 Å². The highest BCUT2D eigenvalue weighted by atomic mass is 79.9. The lowest BCUT2D eigenvalue weighted by molar-refractivity contribution is -0.148. The molecule has 4 atom stereocenters. The van der Waals surface area contributed by atoms with Crippen molar-refractivity contribution in [2.24, 2.45) is 17.6 Å². The minimum Gasteiger partial charge on any atom is -0.510 e. The van der Waals surface area contributed by atoms with Gasteiger partial charge in [0.05, 0.1) is 17.3 Å². The van der Waals surface area contributed by atoms with Gasteiger partial charge in [-0.25, -0.2) is 4.79 Å². The molecule has 0 radical (unpaired) electrons. The Bertz CT molecular complexity index is 1680. The van der Waals surface area contributed by atoms with Crippen molar-refractivity contribution in [1.82, 2.24) is 4.90 Å². The number of ketones is 2. The third kappa shape index (κ3) is 4.69. The van der Waals surface area contributed by atoms with Crippen molar-refractivity contribution in [3.63, 3.8) is 0 Å². The fourth-order valence-electron chi connectivity index (χ4n) is 6.54. The molecule has 3 aliphatic carbocycles. The van der Waals surface area contributed by atoms with Gasteiger partial charge >= 0.3 is 6.09 Å². The van der Waals surface area contributed by atoms with Crippen LogP contribution in [0.1, 0.15) is 22.3 Å². The molecular weight excluding hydrogens is 640 g/mol. The number of carbonyl (C=O) groups is 4. The Morgan fingerprint density at radius 1 is 1.09 bits per heavy atom. The minimum atomic E-state index is -2.76. The number of Topliss-reactive ketones (excluding diaryl/α,β-unsaturated/α-hetero) is 2. The Balaban J connectivity index is 1.62. The Morgan fingerprint density at radius 2 is 1.73 bits per heavy atom. The molecule has 0 heterocycles. The summed E-state index contributed by atoms with van der Waals surface area (Å²) in [6.45, 7) is 0. The zero-order valence-electron chi connectivity index (χ0n) is 24.2. The number of halogens is 1. The number of phenols is 1. The highest BCUT2D eigenvalue weighted by molar-refractivity contribution is 9.10. The molecule has 2 aromatic carbocycles. The first-order valence-electron chi connectivity index (χ1n) is 13.5. The first-order valence-corrected chi connectivity index (χ1v) is 14.3. The molecule has 3 aliphatic rings. The normalized spacial score (nSPS) is 24.5. The molecule has 0 saturated heterocycles. The number of aromatic hydroxyl groups is 1. The van der Waals surface area contributed by atoms with Gasteiger partial charge < -0.3 is 35.8 Å². The minimum absolute atomic E-state index is 0.0427. The quantitative estimate of drug-likeness (QED) is 0.201. The summed E-state index contributed by atoms with van der Waals surface area (Å²) in [5.74, 6) is -7.37. The topological polar surface area (TPSA) is 203 Å². The van der Waals surface area contributed by atoms with Crippen molar-refractivity contribution in [2.45, 2.75) is 24.5 Å². The third-order valence-electron chi connectivity index (χ3n) is 8.44. The molecule has 2 aromatic rings. The van der Waals surface area contributed by atoms with Gasteiger partial charge in [0.1, 0.15) is 22.8 Å². The largest absolute Gasteiger partial charge is 0.510 e. The fourth-order valence-corrected chi connectivity index (χ4v) is 6.80. The van der Waals surface area contributed by atoms with Gasteiger partial charge in [-0.05, 0) is 68.8 Å². The molecular formula is C30H31BrN4O9. The molecule has 14 heteroatoms. The fraction of sp³-hybridized carbons (Fsp3) is 0.333. The number of anilines is 2. The van der Waals surface area contributed by atoms with Crippen LogP contribution in [0.2, 0.25) is 0 Å². The van der Waals surface area contributed by atoms with E-state index in [1.165, 1.54) is 11.0 Å². The number of phenolic OH excluding ortho intramolecular Hbond substituents is 1. The van der Waals surface area contributed by atoms with Crippen LogP contribution in [-0.4, -0.2) is 88.7 Å². The second-order valence-corrected chi connectivity index (χ2v) is 12.4. The average Bonchev–Trinajstić information content (AvgIpc) is 2.93. The lowest BCUT2D eigenvalue weighted by Crippen LogP contribution is -2.63. The average molecular weight is 672 g/mol. The summed E-state index contributed by atoms with van der Waals surface area (Å²) >= 11 is 3.29. The summed E-state index contributed by atoms with van der Waals surface area (Å²) in [7, 11) is 6.54. The summed E-state index contributed by atoms with van der Waals surface area (Å²) in [5.41, 5.74) is 1.94. The first kappa shape index (κ1) is 31.0. The van der Waals surface area contributed by atoms with Crippen LogP contribution in [0.5, 0.6) is 11.5 Å². The number of aliphatic hydroxyl groups is 3. The molecule has 0 aliphatic heterocycles. The maximum Gasteiger partial charge on any atom is 0.417 e. The summed E-state index contributed by atoms with van der Waals surface area (Å²) < 4.78 is 6.06. The summed E-state index contributed by atoms with van der Waals surface area (Å²) in [4.78, 5) is 55.7. The van der Waals surface area contributed by atoms with Crippen molar-refractivity contribution < 1.29 is 44.3 Å². The predicted octanol–water partition coefficient (Wildman–Crippen LogP) is 2.56. The zero-order chi connectivity index (χ0) is 32.4. The van der Waals surface area contributed by atoms with Gasteiger partial charge in [0.15, 0.2) is 17.1 Å². The highest BCUT2D eigenvalue weighted by Gasteiger charge is 2.63. The molecule has 44 heavy (non-hydrogen) atoms. The standard InChI is InChI=1S/C30H31BrN4O9/c1-34(2)18-11-17(33-29(42)44-14-7-5-13(31)6-8-14)23(36)20-15(18)9-12-10-16-22(35(3)4)25(38)21(28(32)41)27(40)30(16,43)26(39)19(12)24(20)37/h5-8,11-12,16,22,36,38-39,43H,9-10H2,1-4H3,(H2,32,41)(H,33,42)/t12-,16+,22+,30-/m0/s1. The van der Waals surface area contributed by atoms with E-state index in [0.29, 0.717) is 11.3 Å². The predicted molar refractivity (Wildman–Crippen MR) is 162 cm³/mol. The van der Waals surface area contributed by atoms with Crippen LogP contribution in [0.4, 0.5) is 16.2 Å². The van der Waals surface area contributed by atoms with E-state index in [2.05, 4.69) is 21.2 Å². The molecule has 232 valence electrons. The molecule has 0 bridgehead atoms. The van der Waals surface area contributed by atoms with Gasteiger partial charge in [-0.15, -0.1) is 0 Å². The summed E-state index contributed by atoms with van der Waals surface area (Å²) in [6.07, 6.45) is -0.892. The lowest BCUT2D eigenvalue weighted by Gasteiger charge is -2.50. The SMILES string of the molecule is CN(C)c1cc(NC(=O)Oc2ccc(Br)cc2)c(O)c2c1C[C@H]1C[C@@H]3[C@@H](N(C)C)C(O)=C(C(N)=O)C(=O)[C@@]3(O)C(O)=C1C2=O. The van der Waals surface area contributed by atoms with Crippen LogP contribution in [0.15, 0.2) is 57.5 Å². The van der Waals surface area contributed by atoms with Crippen LogP contribution in [0.25, 0.3) is 0 Å². The Kier molecular flexibility index (Phi) is 7.72. The van der Waals surface area contributed by atoms with Gasteiger partial charge in [0.25, 0.3) is 5.91 Å². The van der Waals surface area contributed by atoms with Crippen molar-refractivity contribution in [2.75, 3.05) is 38.4 Å². The van der Waals surface area contributed by atoms with Crippen LogP contribution in [-0.2, 0) is 16.0 Å². The number of likely N-dealkylation sites (N-methyl/N-ethyl adjacent to an activating group) is 1. The maximum atomic E-state index is 14.1. The van der Waals surface area contributed by atoms with Gasteiger partial charge in [-0.2, -0.15) is 0 Å². The van der Waals surface area contributed by atoms with Crippen molar-refractivity contribution in [1.29, 1.82) is 0 Å². The van der Waals surface area contributed by atoms with Gasteiger partial charge in [0, 0.05) is 35.7 Å². The van der Waals surface area contributed by atoms with Gasteiger partial charge in [-0.3, -0.25) is 24.6 Å². The monoisotopic (exact) mass is 670 g/mol. The number of nitrogens with one attached hydrogen (secondary N) is 1. The maximum absolute atomic E-state index is 14.1. The summed E-state index contributed by atoms with van der Waals surface area (Å²) in [6, 6.07) is 6.83.